The third kappa shape index (κ3) is 3.20. The highest BCUT2D eigenvalue weighted by Gasteiger charge is 2.50. The van der Waals surface area contributed by atoms with E-state index in [4.69, 9.17) is 4.74 Å². The number of urea groups is 1. The normalized spacial score (nSPS) is 20.8. The molecule has 2 aliphatic rings. The number of benzene rings is 2. The van der Waals surface area contributed by atoms with E-state index < -0.39 is 17.5 Å². The third-order valence-corrected chi connectivity index (χ3v) is 5.96. The number of aryl methyl sites for hydroxylation is 2. The topological polar surface area (TPSA) is 79.0 Å². The first-order chi connectivity index (χ1) is 14.3. The minimum absolute atomic E-state index is 0.279. The number of amides is 4. The first-order valence-corrected chi connectivity index (χ1v) is 10.0. The smallest absolute Gasteiger partial charge is 0.325 e. The van der Waals surface area contributed by atoms with E-state index in [-0.39, 0.29) is 12.5 Å². The summed E-state index contributed by atoms with van der Waals surface area (Å²) in [5, 5.41) is 2.78. The van der Waals surface area contributed by atoms with Crippen molar-refractivity contribution in [2.75, 3.05) is 25.1 Å². The summed E-state index contributed by atoms with van der Waals surface area (Å²) in [5.74, 6) is 0.0481. The van der Waals surface area contributed by atoms with E-state index in [0.717, 1.165) is 45.9 Å². The molecule has 0 radical (unpaired) electrons. The number of fused-ring (bicyclic) bond motifs is 1. The van der Waals surface area contributed by atoms with E-state index in [9.17, 15) is 14.4 Å². The Morgan fingerprint density at radius 1 is 1.20 bits per heavy atom. The molecule has 2 heterocycles. The molecule has 156 valence electrons. The van der Waals surface area contributed by atoms with Gasteiger partial charge in [-0.15, -0.1) is 0 Å². The molecule has 1 unspecified atom stereocenters. The molecule has 1 fully saturated rings. The van der Waals surface area contributed by atoms with Crippen LogP contribution in [-0.4, -0.2) is 42.9 Å². The summed E-state index contributed by atoms with van der Waals surface area (Å²) < 4.78 is 5.28. The van der Waals surface area contributed by atoms with Crippen molar-refractivity contribution in [3.05, 3.63) is 59.2 Å². The van der Waals surface area contributed by atoms with Crippen molar-refractivity contribution in [1.82, 2.24) is 10.2 Å². The number of nitrogens with one attached hydrogen (secondary N) is 1. The van der Waals surface area contributed by atoms with Gasteiger partial charge < -0.3 is 15.0 Å². The average Bonchev–Trinajstić information content (AvgIpc) is 2.96. The summed E-state index contributed by atoms with van der Waals surface area (Å²) in [6, 6.07) is 12.5. The summed E-state index contributed by atoms with van der Waals surface area (Å²) >= 11 is 0. The number of anilines is 1. The molecule has 2 aliphatic heterocycles. The van der Waals surface area contributed by atoms with Gasteiger partial charge in [0.15, 0.2) is 0 Å². The maximum absolute atomic E-state index is 13.2. The Labute approximate surface area is 175 Å². The lowest BCUT2D eigenvalue weighted by atomic mass is 9.88. The number of imide groups is 1. The van der Waals surface area contributed by atoms with Crippen molar-refractivity contribution in [3.8, 4) is 5.75 Å². The van der Waals surface area contributed by atoms with E-state index in [0.29, 0.717) is 6.54 Å². The Kier molecular flexibility index (Phi) is 4.97. The van der Waals surface area contributed by atoms with Crippen molar-refractivity contribution in [2.24, 2.45) is 0 Å². The van der Waals surface area contributed by atoms with Crippen LogP contribution in [0.2, 0.25) is 0 Å². The van der Waals surface area contributed by atoms with Crippen LogP contribution in [0.25, 0.3) is 0 Å². The average molecular weight is 407 g/mol. The summed E-state index contributed by atoms with van der Waals surface area (Å²) in [6.45, 7) is 3.84. The van der Waals surface area contributed by atoms with Gasteiger partial charge in [-0.1, -0.05) is 24.3 Å². The lowest BCUT2D eigenvalue weighted by Gasteiger charge is -2.31. The van der Waals surface area contributed by atoms with Gasteiger partial charge in [-0.2, -0.15) is 0 Å². The number of methoxy groups -OCH3 is 1. The van der Waals surface area contributed by atoms with E-state index in [1.165, 1.54) is 0 Å². The number of ether oxygens (including phenoxy) is 1. The minimum atomic E-state index is -1.18. The Morgan fingerprint density at radius 3 is 2.70 bits per heavy atom. The summed E-state index contributed by atoms with van der Waals surface area (Å²) in [6.07, 6.45) is 1.66. The third-order valence-electron chi connectivity index (χ3n) is 5.96. The second kappa shape index (κ2) is 7.48. The molecule has 2 aromatic carbocycles. The fourth-order valence-electron chi connectivity index (χ4n) is 4.34. The van der Waals surface area contributed by atoms with Gasteiger partial charge >= 0.3 is 6.03 Å². The number of nitrogens with zero attached hydrogens (tertiary/aromatic N) is 2. The number of carbonyl (C=O) groups excluding carboxylic acids is 3. The molecule has 30 heavy (non-hydrogen) atoms. The molecular weight excluding hydrogens is 382 g/mol. The quantitative estimate of drug-likeness (QED) is 0.791. The van der Waals surface area contributed by atoms with Crippen LogP contribution in [0.15, 0.2) is 42.5 Å². The van der Waals surface area contributed by atoms with Gasteiger partial charge in [-0.3, -0.25) is 14.5 Å². The highest BCUT2D eigenvalue weighted by molar-refractivity contribution is 6.10. The maximum Gasteiger partial charge on any atom is 0.325 e. The van der Waals surface area contributed by atoms with Gasteiger partial charge in [-0.25, -0.2) is 4.79 Å². The van der Waals surface area contributed by atoms with E-state index in [1.54, 1.807) is 18.9 Å². The molecule has 0 saturated carbocycles. The van der Waals surface area contributed by atoms with Gasteiger partial charge in [0.1, 0.15) is 17.8 Å². The van der Waals surface area contributed by atoms with Crippen LogP contribution in [0.5, 0.6) is 5.75 Å². The van der Waals surface area contributed by atoms with Crippen molar-refractivity contribution in [2.45, 2.75) is 32.2 Å². The van der Waals surface area contributed by atoms with E-state index >= 15 is 0 Å². The molecule has 1 N–H and O–H groups in total. The monoisotopic (exact) mass is 407 g/mol. The van der Waals surface area contributed by atoms with Gasteiger partial charge in [0.05, 0.1) is 7.11 Å². The first-order valence-electron chi connectivity index (χ1n) is 10.0. The molecule has 4 amide bonds. The fraction of sp³-hybridized carbons (Fsp3) is 0.348. The molecule has 1 atom stereocenters. The molecule has 4 rings (SSSR count). The van der Waals surface area contributed by atoms with Crippen molar-refractivity contribution >= 4 is 23.5 Å². The number of carbonyl (C=O) groups is 3. The largest absolute Gasteiger partial charge is 0.497 e. The lowest BCUT2D eigenvalue weighted by molar-refractivity contribution is -0.134. The summed E-state index contributed by atoms with van der Waals surface area (Å²) in [5.41, 5.74) is 2.28. The lowest BCUT2D eigenvalue weighted by Crippen LogP contribution is -2.46. The molecule has 2 aromatic rings. The second-order valence-corrected chi connectivity index (χ2v) is 7.90. The SMILES string of the molecule is COc1ccc2c(c1)CCCN2C(=O)CN1C(=O)NC(C)(c2ccccc2C)C1=O. The molecule has 7 nitrogen and oxygen atoms in total. The zero-order valence-electron chi connectivity index (χ0n) is 17.4. The van der Waals surface area contributed by atoms with Crippen LogP contribution in [0.1, 0.15) is 30.0 Å². The number of hydrogen-bond donors (Lipinski definition) is 1. The molecule has 0 bridgehead atoms. The fourth-order valence-corrected chi connectivity index (χ4v) is 4.34. The molecule has 7 heteroatoms. The van der Waals surface area contributed by atoms with Crippen molar-refractivity contribution in [1.29, 1.82) is 0 Å². The Hall–Kier alpha value is -3.35. The Bertz CT molecular complexity index is 1030. The standard InChI is InChI=1S/C23H25N3O4/c1-15-7-4-5-9-18(15)23(2)21(28)26(22(29)24-23)14-20(27)25-12-6-8-16-13-17(30-3)10-11-19(16)25/h4-5,7,9-11,13H,6,8,12,14H2,1-3H3,(H,24,29). The van der Waals surface area contributed by atoms with Gasteiger partial charge in [0.25, 0.3) is 5.91 Å². The molecule has 0 aromatic heterocycles. The van der Waals surface area contributed by atoms with E-state index in [1.807, 2.05) is 49.4 Å². The predicted octanol–water partition coefficient (Wildman–Crippen LogP) is 2.75. The molecule has 0 spiro atoms. The highest BCUT2D eigenvalue weighted by atomic mass is 16.5. The van der Waals surface area contributed by atoms with Gasteiger partial charge in [0, 0.05) is 12.2 Å². The van der Waals surface area contributed by atoms with Crippen LogP contribution in [-0.2, 0) is 21.5 Å². The Balaban J connectivity index is 1.57. The number of rotatable bonds is 4. The zero-order valence-corrected chi connectivity index (χ0v) is 17.4. The van der Waals surface area contributed by atoms with Crippen molar-refractivity contribution in [3.63, 3.8) is 0 Å². The highest BCUT2D eigenvalue weighted by Crippen LogP contribution is 2.33. The van der Waals surface area contributed by atoms with Crippen molar-refractivity contribution < 1.29 is 19.1 Å². The molecule has 1 saturated heterocycles. The zero-order chi connectivity index (χ0) is 21.5. The van der Waals surface area contributed by atoms with Crippen LogP contribution in [0.3, 0.4) is 0 Å². The van der Waals surface area contributed by atoms with Crippen LogP contribution >= 0.6 is 0 Å². The Morgan fingerprint density at radius 2 is 1.97 bits per heavy atom. The maximum atomic E-state index is 13.2. The molecular formula is C23H25N3O4. The predicted molar refractivity (Wildman–Crippen MR) is 112 cm³/mol. The van der Waals surface area contributed by atoms with E-state index in [2.05, 4.69) is 5.32 Å². The second-order valence-electron chi connectivity index (χ2n) is 7.90. The number of hydrogen-bond acceptors (Lipinski definition) is 4. The van der Waals surface area contributed by atoms with Crippen LogP contribution < -0.4 is 15.0 Å². The summed E-state index contributed by atoms with van der Waals surface area (Å²) in [4.78, 5) is 41.6. The van der Waals surface area contributed by atoms with Gasteiger partial charge in [0.2, 0.25) is 5.91 Å². The minimum Gasteiger partial charge on any atom is -0.497 e. The first kappa shape index (κ1) is 19.9. The summed E-state index contributed by atoms with van der Waals surface area (Å²) in [7, 11) is 1.61. The molecule has 0 aliphatic carbocycles. The van der Waals surface area contributed by atoms with Crippen LogP contribution in [0.4, 0.5) is 10.5 Å². The van der Waals surface area contributed by atoms with Gasteiger partial charge in [-0.05, 0) is 61.6 Å². The van der Waals surface area contributed by atoms with Crippen LogP contribution in [0, 0.1) is 6.92 Å².